The molecule has 1 aromatic heterocycles. The van der Waals surface area contributed by atoms with Crippen molar-refractivity contribution in [2.24, 2.45) is 11.8 Å². The largest absolute Gasteiger partial charge is 0.550 e. The average Bonchev–Trinajstić information content (AvgIpc) is 3.08. The number of carboxylic acids is 1. The molecule has 0 unspecified atom stereocenters. The molecule has 1 amide bonds. The van der Waals surface area contributed by atoms with Crippen LogP contribution in [0.3, 0.4) is 0 Å². The fourth-order valence-corrected chi connectivity index (χ4v) is 5.31. The van der Waals surface area contributed by atoms with Gasteiger partial charge in [0.2, 0.25) is 5.91 Å². The van der Waals surface area contributed by atoms with Gasteiger partial charge in [0.05, 0.1) is 7.11 Å². The van der Waals surface area contributed by atoms with Gasteiger partial charge in [0.1, 0.15) is 10.6 Å². The monoisotopic (exact) mass is 442 g/mol. The summed E-state index contributed by atoms with van der Waals surface area (Å²) in [4.78, 5) is 38.0. The van der Waals surface area contributed by atoms with E-state index in [0.717, 1.165) is 28.8 Å². The molecular formula is C24H28NO5S-. The highest BCUT2D eigenvalue weighted by Gasteiger charge is 2.33. The Balaban J connectivity index is 1.97. The molecule has 1 saturated carbocycles. The number of aryl methyl sites for hydroxylation is 1. The van der Waals surface area contributed by atoms with Gasteiger partial charge in [0, 0.05) is 28.2 Å². The molecule has 0 radical (unpaired) electrons. The molecule has 1 heterocycles. The summed E-state index contributed by atoms with van der Waals surface area (Å²) in [5, 5.41) is 14.7. The van der Waals surface area contributed by atoms with Gasteiger partial charge in [-0.25, -0.2) is 4.79 Å². The molecule has 7 heteroatoms. The summed E-state index contributed by atoms with van der Waals surface area (Å²) >= 11 is 1.30. The predicted octanol–water partition coefficient (Wildman–Crippen LogP) is 4.13. The van der Waals surface area contributed by atoms with Crippen molar-refractivity contribution in [2.45, 2.75) is 52.4 Å². The van der Waals surface area contributed by atoms with E-state index in [1.807, 2.05) is 31.2 Å². The van der Waals surface area contributed by atoms with E-state index >= 15 is 0 Å². The molecule has 0 aliphatic heterocycles. The maximum absolute atomic E-state index is 13.0. The van der Waals surface area contributed by atoms with Gasteiger partial charge in [-0.1, -0.05) is 51.0 Å². The number of amides is 1. The van der Waals surface area contributed by atoms with Crippen molar-refractivity contribution in [3.63, 3.8) is 0 Å². The van der Waals surface area contributed by atoms with Gasteiger partial charge in [-0.2, -0.15) is 0 Å². The Hall–Kier alpha value is -2.67. The summed E-state index contributed by atoms with van der Waals surface area (Å²) in [7, 11) is 1.31. The van der Waals surface area contributed by atoms with Crippen molar-refractivity contribution < 1.29 is 24.2 Å². The SMILES string of the molecule is COC(=O)c1c(NC(=O)[C@H]2CCCC[C@@H]2C(=O)[O-])sc(C)c1-c1ccc(C(C)C)cc1. The fourth-order valence-electron chi connectivity index (χ4n) is 4.24. The molecule has 1 aliphatic rings. The number of benzene rings is 1. The summed E-state index contributed by atoms with van der Waals surface area (Å²) < 4.78 is 5.01. The van der Waals surface area contributed by atoms with Crippen LogP contribution in [-0.4, -0.2) is 25.0 Å². The van der Waals surface area contributed by atoms with Crippen LogP contribution in [-0.2, 0) is 14.3 Å². The maximum atomic E-state index is 13.0. The van der Waals surface area contributed by atoms with Crippen LogP contribution >= 0.6 is 11.3 Å². The van der Waals surface area contributed by atoms with Crippen LogP contribution in [0.25, 0.3) is 11.1 Å². The first-order valence-corrected chi connectivity index (χ1v) is 11.4. The number of anilines is 1. The van der Waals surface area contributed by atoms with Crippen LogP contribution in [0.15, 0.2) is 24.3 Å². The number of thiophene rings is 1. The van der Waals surface area contributed by atoms with E-state index in [-0.39, 0.29) is 5.91 Å². The van der Waals surface area contributed by atoms with E-state index in [1.165, 1.54) is 24.0 Å². The Kier molecular flexibility index (Phi) is 7.15. The predicted molar refractivity (Wildman–Crippen MR) is 119 cm³/mol. The molecular weight excluding hydrogens is 414 g/mol. The van der Waals surface area contributed by atoms with Crippen molar-refractivity contribution >= 4 is 34.2 Å². The van der Waals surface area contributed by atoms with Crippen LogP contribution in [0.1, 0.15) is 66.2 Å². The van der Waals surface area contributed by atoms with Gasteiger partial charge in [0.25, 0.3) is 0 Å². The number of carbonyl (C=O) groups is 3. The summed E-state index contributed by atoms with van der Waals surface area (Å²) in [5.74, 6) is -3.20. The first-order chi connectivity index (χ1) is 14.7. The normalized spacial score (nSPS) is 18.6. The van der Waals surface area contributed by atoms with E-state index in [0.29, 0.717) is 29.3 Å². The fraction of sp³-hybridized carbons (Fsp3) is 0.458. The van der Waals surface area contributed by atoms with E-state index in [1.54, 1.807) is 0 Å². The quantitative estimate of drug-likeness (QED) is 0.679. The highest BCUT2D eigenvalue weighted by molar-refractivity contribution is 7.17. The number of carbonyl (C=O) groups excluding carboxylic acids is 3. The molecule has 3 rings (SSSR count). The summed E-state index contributed by atoms with van der Waals surface area (Å²) in [5.41, 5.74) is 3.08. The number of rotatable bonds is 6. The third-order valence-corrected chi connectivity index (χ3v) is 7.00. The molecule has 0 bridgehead atoms. The molecule has 31 heavy (non-hydrogen) atoms. The van der Waals surface area contributed by atoms with Crippen molar-refractivity contribution in [2.75, 3.05) is 12.4 Å². The second kappa shape index (κ2) is 9.64. The van der Waals surface area contributed by atoms with Crippen LogP contribution < -0.4 is 10.4 Å². The lowest BCUT2D eigenvalue weighted by atomic mass is 9.78. The zero-order chi connectivity index (χ0) is 22.7. The lowest BCUT2D eigenvalue weighted by Crippen LogP contribution is -2.42. The summed E-state index contributed by atoms with van der Waals surface area (Å²) in [6.45, 7) is 6.12. The van der Waals surface area contributed by atoms with Crippen LogP contribution in [0.2, 0.25) is 0 Å². The van der Waals surface area contributed by atoms with E-state index in [9.17, 15) is 19.5 Å². The molecule has 1 aliphatic carbocycles. The third kappa shape index (κ3) is 4.82. The Labute approximate surface area is 186 Å². The van der Waals surface area contributed by atoms with Gasteiger partial charge < -0.3 is 20.0 Å². The van der Waals surface area contributed by atoms with Crippen LogP contribution in [0.4, 0.5) is 5.00 Å². The number of nitrogens with one attached hydrogen (secondary N) is 1. The Bertz CT molecular complexity index is 977. The number of aliphatic carboxylic acids is 1. The first kappa shape index (κ1) is 23.0. The Morgan fingerprint density at radius 3 is 2.26 bits per heavy atom. The number of carboxylic acid groups (broad SMARTS) is 1. The number of methoxy groups -OCH3 is 1. The maximum Gasteiger partial charge on any atom is 0.341 e. The minimum atomic E-state index is -1.19. The second-order valence-electron chi connectivity index (χ2n) is 8.31. The number of esters is 1. The molecule has 1 aromatic carbocycles. The molecule has 2 atom stereocenters. The van der Waals surface area contributed by atoms with Crippen molar-refractivity contribution in [1.29, 1.82) is 0 Å². The molecule has 0 spiro atoms. The minimum absolute atomic E-state index is 0.302. The van der Waals surface area contributed by atoms with Crippen LogP contribution in [0, 0.1) is 18.8 Å². The highest BCUT2D eigenvalue weighted by atomic mass is 32.1. The Morgan fingerprint density at radius 1 is 1.10 bits per heavy atom. The van der Waals surface area contributed by atoms with E-state index in [2.05, 4.69) is 19.2 Å². The first-order valence-electron chi connectivity index (χ1n) is 10.6. The zero-order valence-corrected chi connectivity index (χ0v) is 19.1. The van der Waals surface area contributed by atoms with Gasteiger partial charge in [-0.15, -0.1) is 11.3 Å². The zero-order valence-electron chi connectivity index (χ0n) is 18.3. The minimum Gasteiger partial charge on any atom is -0.550 e. The Morgan fingerprint density at radius 2 is 1.71 bits per heavy atom. The van der Waals surface area contributed by atoms with E-state index in [4.69, 9.17) is 4.74 Å². The molecule has 0 saturated heterocycles. The average molecular weight is 443 g/mol. The molecule has 1 fully saturated rings. The molecule has 6 nitrogen and oxygen atoms in total. The topological polar surface area (TPSA) is 95.5 Å². The highest BCUT2D eigenvalue weighted by Crippen LogP contribution is 2.41. The summed E-state index contributed by atoms with van der Waals surface area (Å²) in [6.07, 6.45) is 2.49. The van der Waals surface area contributed by atoms with Gasteiger partial charge in [0.15, 0.2) is 0 Å². The third-order valence-electron chi connectivity index (χ3n) is 5.98. The second-order valence-corrected chi connectivity index (χ2v) is 9.54. The van der Waals surface area contributed by atoms with Gasteiger partial charge >= 0.3 is 5.97 Å². The molecule has 2 aromatic rings. The van der Waals surface area contributed by atoms with E-state index < -0.39 is 23.8 Å². The number of hydrogen-bond acceptors (Lipinski definition) is 6. The number of ether oxygens (including phenoxy) is 1. The van der Waals surface area contributed by atoms with Crippen LogP contribution in [0.5, 0.6) is 0 Å². The van der Waals surface area contributed by atoms with Crippen molar-refractivity contribution in [3.8, 4) is 11.1 Å². The standard InChI is InChI=1S/C24H29NO5S/c1-13(2)15-9-11-16(12-10-15)19-14(3)31-22(20(19)24(29)30-4)25-21(26)17-7-5-6-8-18(17)23(27)28/h9-13,17-18H,5-8H2,1-4H3,(H,25,26)(H,27,28)/p-1/t17-,18-/m0/s1. The molecule has 166 valence electrons. The number of hydrogen-bond donors (Lipinski definition) is 1. The molecule has 1 N–H and O–H groups in total. The smallest absolute Gasteiger partial charge is 0.341 e. The van der Waals surface area contributed by atoms with Crippen molar-refractivity contribution in [3.05, 3.63) is 40.3 Å². The lowest BCUT2D eigenvalue weighted by molar-refractivity contribution is -0.313. The lowest BCUT2D eigenvalue weighted by Gasteiger charge is -2.31. The van der Waals surface area contributed by atoms with Crippen molar-refractivity contribution in [1.82, 2.24) is 0 Å². The van der Waals surface area contributed by atoms with Gasteiger partial charge in [-0.05, 0) is 36.8 Å². The van der Waals surface area contributed by atoms with Gasteiger partial charge in [-0.3, -0.25) is 4.79 Å². The summed E-state index contributed by atoms with van der Waals surface area (Å²) in [6, 6.07) is 8.00.